The van der Waals surface area contributed by atoms with Crippen molar-refractivity contribution in [3.8, 4) is 0 Å². The van der Waals surface area contributed by atoms with Gasteiger partial charge in [0.1, 0.15) is 0 Å². The Bertz CT molecular complexity index is 455. The number of nitrogens with zero attached hydrogens (tertiary/aromatic N) is 1. The molecule has 0 amide bonds. The molecule has 15 heavy (non-hydrogen) atoms. The number of rotatable bonds is 3. The lowest BCUT2D eigenvalue weighted by Crippen LogP contribution is -1.95. The molecule has 0 N–H and O–H groups in total. The second-order valence-electron chi connectivity index (χ2n) is 4.08. The number of hydrogen-bond acceptors (Lipinski definition) is 2. The van der Waals surface area contributed by atoms with Crippen molar-refractivity contribution in [1.29, 1.82) is 0 Å². The zero-order valence-electron chi connectivity index (χ0n) is 9.58. The smallest absolute Gasteiger partial charge is 0.167 e. The van der Waals surface area contributed by atoms with Gasteiger partial charge in [0.15, 0.2) is 5.58 Å². The summed E-state index contributed by atoms with van der Waals surface area (Å²) in [6.45, 7) is 6.50. The molecule has 0 saturated carbocycles. The van der Waals surface area contributed by atoms with Crippen molar-refractivity contribution in [2.75, 3.05) is 0 Å². The highest BCUT2D eigenvalue weighted by Gasteiger charge is 2.15. The molecular formula is C13H17NO. The van der Waals surface area contributed by atoms with E-state index in [1.54, 1.807) is 0 Å². The lowest BCUT2D eigenvalue weighted by molar-refractivity contribution is 0.432. The minimum atomic E-state index is 0.521. The first-order valence-electron chi connectivity index (χ1n) is 5.62. The Morgan fingerprint density at radius 1 is 1.27 bits per heavy atom. The molecule has 0 fully saturated rings. The van der Waals surface area contributed by atoms with Crippen molar-refractivity contribution < 1.29 is 4.52 Å². The molecule has 0 aliphatic rings. The maximum atomic E-state index is 5.34. The number of aryl methyl sites for hydroxylation is 1. The second kappa shape index (κ2) is 4.05. The highest BCUT2D eigenvalue weighted by Crippen LogP contribution is 2.29. The summed E-state index contributed by atoms with van der Waals surface area (Å²) in [6, 6.07) is 6.23. The zero-order chi connectivity index (χ0) is 10.8. The van der Waals surface area contributed by atoms with E-state index in [1.165, 1.54) is 10.9 Å². The van der Waals surface area contributed by atoms with E-state index in [0.29, 0.717) is 5.92 Å². The Balaban J connectivity index is 2.55. The fraction of sp³-hybridized carbons (Fsp3) is 0.462. The summed E-state index contributed by atoms with van der Waals surface area (Å²) >= 11 is 0. The van der Waals surface area contributed by atoms with E-state index in [0.717, 1.165) is 24.1 Å². The molecule has 2 heteroatoms. The van der Waals surface area contributed by atoms with Crippen molar-refractivity contribution in [1.82, 2.24) is 5.16 Å². The van der Waals surface area contributed by atoms with Crippen LogP contribution >= 0.6 is 0 Å². The maximum absolute atomic E-state index is 5.34. The van der Waals surface area contributed by atoms with Gasteiger partial charge < -0.3 is 4.52 Å². The Morgan fingerprint density at radius 2 is 2.00 bits per heavy atom. The van der Waals surface area contributed by atoms with Crippen LogP contribution < -0.4 is 0 Å². The molecule has 0 atom stereocenters. The van der Waals surface area contributed by atoms with Gasteiger partial charge in [-0.15, -0.1) is 0 Å². The van der Waals surface area contributed by atoms with Gasteiger partial charge in [-0.2, -0.15) is 0 Å². The third kappa shape index (κ3) is 1.76. The zero-order valence-corrected chi connectivity index (χ0v) is 9.58. The van der Waals surface area contributed by atoms with E-state index >= 15 is 0 Å². The van der Waals surface area contributed by atoms with Gasteiger partial charge in [-0.3, -0.25) is 0 Å². The summed E-state index contributed by atoms with van der Waals surface area (Å²) in [5.41, 5.74) is 3.29. The van der Waals surface area contributed by atoms with E-state index in [1.807, 2.05) is 6.07 Å². The molecule has 0 spiro atoms. The van der Waals surface area contributed by atoms with Crippen LogP contribution in [0.2, 0.25) is 0 Å². The van der Waals surface area contributed by atoms with E-state index in [9.17, 15) is 0 Å². The molecule has 2 aromatic rings. The largest absolute Gasteiger partial charge is 0.356 e. The molecule has 2 nitrogen and oxygen atoms in total. The lowest BCUT2D eigenvalue weighted by Gasteiger charge is -2.07. The Labute approximate surface area is 90.3 Å². The minimum absolute atomic E-state index is 0.521. The van der Waals surface area contributed by atoms with Crippen molar-refractivity contribution >= 4 is 11.0 Å². The van der Waals surface area contributed by atoms with Crippen molar-refractivity contribution in [3.05, 3.63) is 29.5 Å². The molecule has 0 aliphatic heterocycles. The monoisotopic (exact) mass is 203 g/mol. The highest BCUT2D eigenvalue weighted by molar-refractivity contribution is 5.80. The van der Waals surface area contributed by atoms with Crippen LogP contribution in [0.1, 0.15) is 43.9 Å². The first-order chi connectivity index (χ1) is 7.26. The summed E-state index contributed by atoms with van der Waals surface area (Å²) in [5, 5.41) is 5.39. The van der Waals surface area contributed by atoms with Crippen LogP contribution in [0, 0.1) is 6.92 Å². The second-order valence-corrected chi connectivity index (χ2v) is 4.08. The molecule has 0 bridgehead atoms. The van der Waals surface area contributed by atoms with Crippen LogP contribution in [-0.2, 0) is 0 Å². The van der Waals surface area contributed by atoms with Gasteiger partial charge in [-0.05, 0) is 31.9 Å². The summed E-state index contributed by atoms with van der Waals surface area (Å²) in [6.07, 6.45) is 2.23. The SMILES string of the molecule is CCC(CC)c1noc2ccc(C)cc12. The third-order valence-corrected chi connectivity index (χ3v) is 3.03. The standard InChI is InChI=1S/C13H17NO/c1-4-10(5-2)13-11-8-9(3)6-7-12(11)15-14-13/h6-8,10H,4-5H2,1-3H3. The van der Waals surface area contributed by atoms with Crippen LogP contribution in [0.25, 0.3) is 11.0 Å². The summed E-state index contributed by atoms with van der Waals surface area (Å²) < 4.78 is 5.34. The van der Waals surface area contributed by atoms with Gasteiger partial charge >= 0.3 is 0 Å². The Morgan fingerprint density at radius 3 is 2.67 bits per heavy atom. The Kier molecular flexibility index (Phi) is 2.76. The van der Waals surface area contributed by atoms with Crippen molar-refractivity contribution in [2.45, 2.75) is 39.5 Å². The Hall–Kier alpha value is -1.31. The molecule has 80 valence electrons. The van der Waals surface area contributed by atoms with Gasteiger partial charge in [-0.1, -0.05) is 30.6 Å². The van der Waals surface area contributed by atoms with Crippen LogP contribution in [0.15, 0.2) is 22.7 Å². The normalized spacial score (nSPS) is 11.5. The van der Waals surface area contributed by atoms with Crippen LogP contribution in [0.3, 0.4) is 0 Å². The predicted octanol–water partition coefficient (Wildman–Crippen LogP) is 4.04. The fourth-order valence-corrected chi connectivity index (χ4v) is 2.04. The van der Waals surface area contributed by atoms with Crippen LogP contribution in [-0.4, -0.2) is 5.16 Å². The van der Waals surface area contributed by atoms with E-state index in [2.05, 4.69) is 38.1 Å². The van der Waals surface area contributed by atoms with Gasteiger partial charge in [0.2, 0.25) is 0 Å². The van der Waals surface area contributed by atoms with Gasteiger partial charge in [-0.25, -0.2) is 0 Å². The average molecular weight is 203 g/mol. The summed E-state index contributed by atoms with van der Waals surface area (Å²) in [5.74, 6) is 0.521. The van der Waals surface area contributed by atoms with Gasteiger partial charge in [0, 0.05) is 11.3 Å². The third-order valence-electron chi connectivity index (χ3n) is 3.03. The molecule has 1 aromatic carbocycles. The topological polar surface area (TPSA) is 26.0 Å². The number of aromatic nitrogens is 1. The van der Waals surface area contributed by atoms with Crippen LogP contribution in [0.4, 0.5) is 0 Å². The fourth-order valence-electron chi connectivity index (χ4n) is 2.04. The summed E-state index contributed by atoms with van der Waals surface area (Å²) in [7, 11) is 0. The number of benzene rings is 1. The van der Waals surface area contributed by atoms with Gasteiger partial charge in [0.05, 0.1) is 5.69 Å². The highest BCUT2D eigenvalue weighted by atomic mass is 16.5. The lowest BCUT2D eigenvalue weighted by atomic mass is 9.96. The van der Waals surface area contributed by atoms with E-state index in [4.69, 9.17) is 4.52 Å². The molecule has 1 heterocycles. The molecule has 0 aliphatic carbocycles. The molecular weight excluding hydrogens is 186 g/mol. The quantitative estimate of drug-likeness (QED) is 0.752. The van der Waals surface area contributed by atoms with Gasteiger partial charge in [0.25, 0.3) is 0 Å². The maximum Gasteiger partial charge on any atom is 0.167 e. The number of hydrogen-bond donors (Lipinski definition) is 0. The molecule has 0 saturated heterocycles. The molecule has 0 unspecified atom stereocenters. The van der Waals surface area contributed by atoms with Crippen molar-refractivity contribution in [3.63, 3.8) is 0 Å². The number of fused-ring (bicyclic) bond motifs is 1. The van der Waals surface area contributed by atoms with E-state index < -0.39 is 0 Å². The molecule has 1 aromatic heterocycles. The molecule has 2 rings (SSSR count). The molecule has 0 radical (unpaired) electrons. The summed E-state index contributed by atoms with van der Waals surface area (Å²) in [4.78, 5) is 0. The van der Waals surface area contributed by atoms with Crippen LogP contribution in [0.5, 0.6) is 0 Å². The van der Waals surface area contributed by atoms with E-state index in [-0.39, 0.29) is 0 Å². The predicted molar refractivity (Wildman–Crippen MR) is 62.1 cm³/mol. The van der Waals surface area contributed by atoms with Crippen molar-refractivity contribution in [2.24, 2.45) is 0 Å². The first-order valence-corrected chi connectivity index (χ1v) is 5.62. The average Bonchev–Trinajstić information content (AvgIpc) is 2.64. The first kappa shape index (κ1) is 10.2. The minimum Gasteiger partial charge on any atom is -0.356 e.